The molecule has 0 radical (unpaired) electrons. The second kappa shape index (κ2) is 10.9. The number of halogens is 1. The minimum Gasteiger partial charge on any atom is -0.497 e. The number of carbonyl (C=O) groups is 2. The van der Waals surface area contributed by atoms with Crippen LogP contribution in [0.5, 0.6) is 5.75 Å². The highest BCUT2D eigenvalue weighted by Gasteiger charge is 2.27. The molecule has 2 amide bonds. The maximum Gasteiger partial charge on any atom is 0.242 e. The third-order valence-corrected chi connectivity index (χ3v) is 5.18. The Hall–Kier alpha value is -2.53. The highest BCUT2D eigenvalue weighted by molar-refractivity contribution is 6.30. The third kappa shape index (κ3) is 6.79. The summed E-state index contributed by atoms with van der Waals surface area (Å²) in [6.45, 7) is 6.04. The lowest BCUT2D eigenvalue weighted by molar-refractivity contribution is -0.140. The summed E-state index contributed by atoms with van der Waals surface area (Å²) < 4.78 is 5.28. The van der Waals surface area contributed by atoms with Gasteiger partial charge in [0.05, 0.1) is 13.5 Å². The maximum absolute atomic E-state index is 13.1. The topological polar surface area (TPSA) is 58.6 Å². The van der Waals surface area contributed by atoms with Crippen molar-refractivity contribution in [1.82, 2.24) is 10.2 Å². The molecule has 0 aromatic heterocycles. The number of methoxy groups -OCH3 is 1. The van der Waals surface area contributed by atoms with Crippen LogP contribution in [0.25, 0.3) is 0 Å². The lowest BCUT2D eigenvalue weighted by atomic mass is 10.1. The van der Waals surface area contributed by atoms with E-state index in [1.165, 1.54) is 0 Å². The summed E-state index contributed by atoms with van der Waals surface area (Å²) in [4.78, 5) is 27.5. The first-order chi connectivity index (χ1) is 13.8. The molecule has 0 bridgehead atoms. The molecule has 0 fully saturated rings. The van der Waals surface area contributed by atoms with E-state index in [1.807, 2.05) is 50.2 Å². The van der Waals surface area contributed by atoms with Gasteiger partial charge >= 0.3 is 0 Å². The number of nitrogens with zero attached hydrogens (tertiary/aromatic N) is 1. The van der Waals surface area contributed by atoms with E-state index < -0.39 is 6.04 Å². The molecule has 29 heavy (non-hydrogen) atoms. The largest absolute Gasteiger partial charge is 0.497 e. The summed E-state index contributed by atoms with van der Waals surface area (Å²) in [5.74, 6) is 0.429. The van der Waals surface area contributed by atoms with Crippen molar-refractivity contribution in [1.29, 1.82) is 0 Å². The average molecular weight is 417 g/mol. The second-order valence-corrected chi connectivity index (χ2v) is 7.61. The molecular formula is C23H29ClN2O3. The van der Waals surface area contributed by atoms with E-state index in [4.69, 9.17) is 16.3 Å². The van der Waals surface area contributed by atoms with Crippen LogP contribution < -0.4 is 10.1 Å². The Morgan fingerprint density at radius 3 is 2.41 bits per heavy atom. The lowest BCUT2D eigenvalue weighted by Gasteiger charge is -2.30. The zero-order valence-corrected chi connectivity index (χ0v) is 18.2. The van der Waals surface area contributed by atoms with Gasteiger partial charge < -0.3 is 15.0 Å². The molecule has 0 saturated heterocycles. The average Bonchev–Trinajstić information content (AvgIpc) is 2.73. The van der Waals surface area contributed by atoms with E-state index in [9.17, 15) is 9.59 Å². The van der Waals surface area contributed by atoms with Crippen molar-refractivity contribution < 1.29 is 14.3 Å². The van der Waals surface area contributed by atoms with Crippen LogP contribution in [-0.4, -0.2) is 35.9 Å². The fraction of sp³-hybridized carbons (Fsp3) is 0.391. The van der Waals surface area contributed by atoms with Crippen molar-refractivity contribution in [3.63, 3.8) is 0 Å². The van der Waals surface area contributed by atoms with Gasteiger partial charge in [0.25, 0.3) is 0 Å². The number of nitrogens with one attached hydrogen (secondary N) is 1. The Morgan fingerprint density at radius 1 is 1.10 bits per heavy atom. The van der Waals surface area contributed by atoms with Gasteiger partial charge in [0.2, 0.25) is 11.8 Å². The van der Waals surface area contributed by atoms with Gasteiger partial charge in [0, 0.05) is 17.6 Å². The summed E-state index contributed by atoms with van der Waals surface area (Å²) in [6.07, 6.45) is 1.02. The first kappa shape index (κ1) is 22.8. The molecule has 156 valence electrons. The number of amides is 2. The van der Waals surface area contributed by atoms with Gasteiger partial charge in [0.1, 0.15) is 11.8 Å². The van der Waals surface area contributed by atoms with E-state index in [2.05, 4.69) is 5.32 Å². The standard InChI is InChI=1S/C23H29ClN2O3/c1-5-16(2)25-23(28)17(3)26(15-19-7-6-8-21(13-19)29-4)22(27)14-18-9-11-20(24)12-10-18/h6-13,16-17H,5,14-15H2,1-4H3,(H,25,28)/t16-,17-/m1/s1. The van der Waals surface area contributed by atoms with Crippen molar-refractivity contribution in [3.05, 3.63) is 64.7 Å². The molecule has 0 aliphatic rings. The molecule has 2 aromatic rings. The minimum atomic E-state index is -0.602. The summed E-state index contributed by atoms with van der Waals surface area (Å²) in [6, 6.07) is 14.1. The first-order valence-corrected chi connectivity index (χ1v) is 10.2. The van der Waals surface area contributed by atoms with Gasteiger partial charge in [-0.15, -0.1) is 0 Å². The van der Waals surface area contributed by atoms with Crippen LogP contribution in [0.15, 0.2) is 48.5 Å². The molecule has 0 heterocycles. The van der Waals surface area contributed by atoms with E-state index in [-0.39, 0.29) is 24.3 Å². The number of benzene rings is 2. The van der Waals surface area contributed by atoms with Gasteiger partial charge in [-0.2, -0.15) is 0 Å². The number of carbonyl (C=O) groups excluding carboxylic acids is 2. The number of rotatable bonds is 9. The predicted octanol–water partition coefficient (Wildman–Crippen LogP) is 4.22. The molecule has 1 N–H and O–H groups in total. The van der Waals surface area contributed by atoms with Crippen molar-refractivity contribution >= 4 is 23.4 Å². The summed E-state index contributed by atoms with van der Waals surface area (Å²) in [5.41, 5.74) is 1.75. The molecule has 0 unspecified atom stereocenters. The number of hydrogen-bond acceptors (Lipinski definition) is 3. The van der Waals surface area contributed by atoms with Gasteiger partial charge in [-0.1, -0.05) is 42.8 Å². The molecule has 2 aromatic carbocycles. The Bertz CT molecular complexity index is 823. The molecular weight excluding hydrogens is 388 g/mol. The summed E-state index contributed by atoms with van der Waals surface area (Å²) >= 11 is 5.94. The summed E-state index contributed by atoms with van der Waals surface area (Å²) in [7, 11) is 1.60. The van der Waals surface area contributed by atoms with E-state index >= 15 is 0 Å². The molecule has 5 nitrogen and oxygen atoms in total. The first-order valence-electron chi connectivity index (χ1n) is 9.81. The second-order valence-electron chi connectivity index (χ2n) is 7.17. The quantitative estimate of drug-likeness (QED) is 0.665. The highest BCUT2D eigenvalue weighted by Crippen LogP contribution is 2.18. The van der Waals surface area contributed by atoms with Gasteiger partial charge in [0.15, 0.2) is 0 Å². The molecule has 0 aliphatic heterocycles. The van der Waals surface area contributed by atoms with Crippen LogP contribution in [0.1, 0.15) is 38.3 Å². The minimum absolute atomic E-state index is 0.0509. The van der Waals surface area contributed by atoms with Crippen molar-refractivity contribution in [2.24, 2.45) is 0 Å². The fourth-order valence-corrected chi connectivity index (χ4v) is 3.02. The predicted molar refractivity (Wildman–Crippen MR) is 116 cm³/mol. The highest BCUT2D eigenvalue weighted by atomic mass is 35.5. The lowest BCUT2D eigenvalue weighted by Crippen LogP contribution is -2.49. The van der Waals surface area contributed by atoms with Crippen molar-refractivity contribution in [2.45, 2.75) is 52.2 Å². The fourth-order valence-electron chi connectivity index (χ4n) is 2.89. The molecule has 2 atom stereocenters. The van der Waals surface area contributed by atoms with Crippen LogP contribution in [-0.2, 0) is 22.6 Å². The maximum atomic E-state index is 13.1. The molecule has 0 saturated carbocycles. The number of ether oxygens (including phenoxy) is 1. The Morgan fingerprint density at radius 2 is 1.79 bits per heavy atom. The van der Waals surface area contributed by atoms with E-state index in [0.29, 0.717) is 17.3 Å². The van der Waals surface area contributed by atoms with Gasteiger partial charge in [-0.3, -0.25) is 9.59 Å². The number of hydrogen-bond donors (Lipinski definition) is 1. The molecule has 0 aliphatic carbocycles. The molecule has 6 heteroatoms. The zero-order chi connectivity index (χ0) is 21.4. The Kier molecular flexibility index (Phi) is 8.52. The summed E-state index contributed by atoms with van der Waals surface area (Å²) in [5, 5.41) is 3.59. The van der Waals surface area contributed by atoms with E-state index in [1.54, 1.807) is 31.1 Å². The van der Waals surface area contributed by atoms with Gasteiger partial charge in [-0.05, 0) is 55.7 Å². The van der Waals surface area contributed by atoms with E-state index in [0.717, 1.165) is 17.5 Å². The van der Waals surface area contributed by atoms with Crippen molar-refractivity contribution in [2.75, 3.05) is 7.11 Å². The monoisotopic (exact) mass is 416 g/mol. The molecule has 0 spiro atoms. The Balaban J connectivity index is 2.23. The SMILES string of the molecule is CC[C@@H](C)NC(=O)[C@@H](C)N(Cc1cccc(OC)c1)C(=O)Cc1ccc(Cl)cc1. The third-order valence-electron chi connectivity index (χ3n) is 4.92. The molecule has 2 rings (SSSR count). The Labute approximate surface area is 178 Å². The normalized spacial score (nSPS) is 12.7. The smallest absolute Gasteiger partial charge is 0.242 e. The zero-order valence-electron chi connectivity index (χ0n) is 17.4. The van der Waals surface area contributed by atoms with Crippen molar-refractivity contribution in [3.8, 4) is 5.75 Å². The van der Waals surface area contributed by atoms with Crippen LogP contribution >= 0.6 is 11.6 Å². The van der Waals surface area contributed by atoms with Gasteiger partial charge in [-0.25, -0.2) is 0 Å². The van der Waals surface area contributed by atoms with Crippen LogP contribution in [0.3, 0.4) is 0 Å². The van der Waals surface area contributed by atoms with Crippen LogP contribution in [0, 0.1) is 0 Å². The van der Waals surface area contributed by atoms with Crippen LogP contribution in [0.2, 0.25) is 5.02 Å². The van der Waals surface area contributed by atoms with Crippen LogP contribution in [0.4, 0.5) is 0 Å².